The Kier molecular flexibility index (Phi) is 6.14. The number of nitriles is 1. The number of hydrogen-bond acceptors (Lipinski definition) is 6. The predicted molar refractivity (Wildman–Crippen MR) is 123 cm³/mol. The van der Waals surface area contributed by atoms with Crippen LogP contribution in [0.2, 0.25) is 5.15 Å². The van der Waals surface area contributed by atoms with E-state index in [1.54, 1.807) is 18.5 Å². The first-order valence-corrected chi connectivity index (χ1v) is 10.5. The molecule has 1 aromatic carbocycles. The number of nitrogens with zero attached hydrogens (tertiary/aromatic N) is 7. The number of halogens is 1. The van der Waals surface area contributed by atoms with Crippen molar-refractivity contribution in [3.05, 3.63) is 53.9 Å². The van der Waals surface area contributed by atoms with Gasteiger partial charge >= 0.3 is 0 Å². The number of rotatable bonds is 3. The number of pyridine rings is 1. The largest absolute Gasteiger partial charge is 0.337 e. The Morgan fingerprint density at radius 3 is 2.84 bits per heavy atom. The van der Waals surface area contributed by atoms with E-state index in [1.165, 1.54) is 0 Å². The van der Waals surface area contributed by atoms with E-state index >= 15 is 0 Å². The third-order valence-corrected chi connectivity index (χ3v) is 5.61. The molecule has 158 valence electrons. The number of aliphatic imine (C=N–C) groups is 1. The van der Waals surface area contributed by atoms with E-state index in [1.807, 2.05) is 36.5 Å². The summed E-state index contributed by atoms with van der Waals surface area (Å²) in [6.07, 6.45) is 5.39. The lowest BCUT2D eigenvalue weighted by Gasteiger charge is -2.44. The number of aromatic nitrogens is 3. The summed E-state index contributed by atoms with van der Waals surface area (Å²) >= 11 is 6.06. The summed E-state index contributed by atoms with van der Waals surface area (Å²) in [5.41, 5.74) is 1.75. The van der Waals surface area contributed by atoms with E-state index in [4.69, 9.17) is 11.6 Å². The summed E-state index contributed by atoms with van der Waals surface area (Å²) in [5, 5.41) is 14.2. The topological polar surface area (TPSA) is 93.3 Å². The molecule has 1 N–H and O–H groups in total. The molecule has 0 radical (unpaired) electrons. The average Bonchev–Trinajstić information content (AvgIpc) is 2.78. The molecule has 2 aromatic heterocycles. The molecule has 1 saturated heterocycles. The van der Waals surface area contributed by atoms with Crippen molar-refractivity contribution in [2.45, 2.75) is 19.9 Å². The number of guanidine groups is 1. The van der Waals surface area contributed by atoms with Gasteiger partial charge in [0.05, 0.1) is 17.2 Å². The van der Waals surface area contributed by atoms with Gasteiger partial charge in [-0.05, 0) is 36.2 Å². The molecule has 1 aliphatic rings. The predicted octanol–water partition coefficient (Wildman–Crippen LogP) is 3.77. The lowest BCUT2D eigenvalue weighted by atomic mass is 10.00. The minimum atomic E-state index is 0.101. The van der Waals surface area contributed by atoms with Crippen LogP contribution in [0.15, 0.2) is 53.8 Å². The van der Waals surface area contributed by atoms with Crippen LogP contribution in [0.5, 0.6) is 0 Å². The summed E-state index contributed by atoms with van der Waals surface area (Å²) in [6.45, 7) is 6.36. The number of nitrogens with one attached hydrogen (secondary N) is 1. The van der Waals surface area contributed by atoms with Crippen LogP contribution in [0, 0.1) is 17.4 Å². The van der Waals surface area contributed by atoms with Gasteiger partial charge in [0, 0.05) is 37.4 Å². The summed E-state index contributed by atoms with van der Waals surface area (Å²) in [5.74, 6) is 1.45. The van der Waals surface area contributed by atoms with Gasteiger partial charge in [-0.15, -0.1) is 4.99 Å². The summed E-state index contributed by atoms with van der Waals surface area (Å²) in [7, 11) is 0. The monoisotopic (exact) mass is 434 g/mol. The first-order valence-electron chi connectivity index (χ1n) is 10.1. The fourth-order valence-corrected chi connectivity index (χ4v) is 3.98. The number of benzene rings is 1. The van der Waals surface area contributed by atoms with Crippen LogP contribution in [-0.2, 0) is 0 Å². The molecule has 0 amide bonds. The standard InChI is InChI=1S/C22H23ClN8/c1-15(2)19-13-30(21-26-10-8-20(23)29-21)11-12-31(19)22(27-14-24)28-18-7-3-6-17-16(18)5-4-9-25-17/h3-10,15,19H,11-13H2,1-2H3,(H,27,28). The second-order valence-corrected chi connectivity index (χ2v) is 8.05. The van der Waals surface area contributed by atoms with Crippen LogP contribution < -0.4 is 10.2 Å². The average molecular weight is 435 g/mol. The molecule has 0 aliphatic carbocycles. The van der Waals surface area contributed by atoms with Crippen molar-refractivity contribution in [1.82, 2.24) is 19.9 Å². The minimum absolute atomic E-state index is 0.101. The van der Waals surface area contributed by atoms with Crippen LogP contribution in [-0.4, -0.2) is 51.5 Å². The highest BCUT2D eigenvalue weighted by Crippen LogP contribution is 2.25. The molecule has 1 atom stereocenters. The molecule has 9 heteroatoms. The lowest BCUT2D eigenvalue weighted by Crippen LogP contribution is -2.59. The van der Waals surface area contributed by atoms with Gasteiger partial charge in [0.1, 0.15) is 5.15 Å². The van der Waals surface area contributed by atoms with Gasteiger partial charge in [-0.3, -0.25) is 4.98 Å². The highest BCUT2D eigenvalue weighted by Gasteiger charge is 2.33. The first kappa shape index (κ1) is 20.8. The van der Waals surface area contributed by atoms with Crippen molar-refractivity contribution >= 4 is 40.1 Å². The van der Waals surface area contributed by atoms with E-state index in [-0.39, 0.29) is 6.04 Å². The van der Waals surface area contributed by atoms with Gasteiger partial charge in [-0.25, -0.2) is 9.97 Å². The van der Waals surface area contributed by atoms with E-state index in [0.29, 0.717) is 42.6 Å². The maximum Gasteiger partial charge on any atom is 0.226 e. The van der Waals surface area contributed by atoms with E-state index in [2.05, 4.69) is 48.9 Å². The van der Waals surface area contributed by atoms with Crippen molar-refractivity contribution in [3.63, 3.8) is 0 Å². The second-order valence-electron chi connectivity index (χ2n) is 7.67. The second kappa shape index (κ2) is 9.14. The zero-order valence-electron chi connectivity index (χ0n) is 17.4. The Morgan fingerprint density at radius 1 is 1.19 bits per heavy atom. The zero-order valence-corrected chi connectivity index (χ0v) is 18.2. The smallest absolute Gasteiger partial charge is 0.226 e. The normalized spacial score (nSPS) is 17.1. The molecule has 3 aromatic rings. The SMILES string of the molecule is CC(C)C1CN(c2nccc(Cl)n2)CCN1/C(=N\C#N)Nc1cccc2ncccc12. The van der Waals surface area contributed by atoms with Gasteiger partial charge < -0.3 is 15.1 Å². The molecule has 0 bridgehead atoms. The summed E-state index contributed by atoms with van der Waals surface area (Å²) in [6, 6.07) is 11.5. The zero-order chi connectivity index (χ0) is 21.8. The van der Waals surface area contributed by atoms with E-state index in [0.717, 1.165) is 16.6 Å². The Hall–Kier alpha value is -3.44. The van der Waals surface area contributed by atoms with Crippen LogP contribution >= 0.6 is 11.6 Å². The van der Waals surface area contributed by atoms with Gasteiger partial charge in [-0.2, -0.15) is 5.26 Å². The van der Waals surface area contributed by atoms with Gasteiger partial charge in [-0.1, -0.05) is 31.5 Å². The van der Waals surface area contributed by atoms with Gasteiger partial charge in [0.2, 0.25) is 18.1 Å². The first-order chi connectivity index (χ1) is 15.1. The molecule has 3 heterocycles. The molecular weight excluding hydrogens is 412 g/mol. The number of piperazine rings is 1. The Bertz CT molecular complexity index is 1130. The van der Waals surface area contributed by atoms with Crippen LogP contribution in [0.4, 0.5) is 11.6 Å². The van der Waals surface area contributed by atoms with Crippen molar-refractivity contribution < 1.29 is 0 Å². The van der Waals surface area contributed by atoms with Crippen molar-refractivity contribution in [2.75, 3.05) is 29.9 Å². The van der Waals surface area contributed by atoms with Crippen molar-refractivity contribution in [1.29, 1.82) is 5.26 Å². The fraction of sp³-hybridized carbons (Fsp3) is 0.318. The number of anilines is 2. The molecule has 31 heavy (non-hydrogen) atoms. The van der Waals surface area contributed by atoms with E-state index < -0.39 is 0 Å². The highest BCUT2D eigenvalue weighted by atomic mass is 35.5. The molecule has 0 spiro atoms. The molecule has 1 fully saturated rings. The number of fused-ring (bicyclic) bond motifs is 1. The molecule has 0 saturated carbocycles. The van der Waals surface area contributed by atoms with Gasteiger partial charge in [0.25, 0.3) is 0 Å². The van der Waals surface area contributed by atoms with Crippen LogP contribution in [0.25, 0.3) is 10.9 Å². The summed E-state index contributed by atoms with van der Waals surface area (Å²) in [4.78, 5) is 21.6. The van der Waals surface area contributed by atoms with E-state index in [9.17, 15) is 5.26 Å². The number of hydrogen-bond donors (Lipinski definition) is 1. The third kappa shape index (κ3) is 4.52. The van der Waals surface area contributed by atoms with Crippen molar-refractivity contribution in [2.24, 2.45) is 10.9 Å². The molecule has 1 aliphatic heterocycles. The van der Waals surface area contributed by atoms with Gasteiger partial charge in [0.15, 0.2) is 0 Å². The Morgan fingerprint density at radius 2 is 2.06 bits per heavy atom. The molecule has 4 rings (SSSR count). The highest BCUT2D eigenvalue weighted by molar-refractivity contribution is 6.29. The maximum atomic E-state index is 9.38. The summed E-state index contributed by atoms with van der Waals surface area (Å²) < 4.78 is 0. The van der Waals surface area contributed by atoms with Crippen LogP contribution in [0.3, 0.4) is 0 Å². The quantitative estimate of drug-likeness (QED) is 0.290. The Labute approximate surface area is 186 Å². The molecular formula is C22H23ClN8. The molecule has 1 unspecified atom stereocenters. The maximum absolute atomic E-state index is 9.38. The molecule has 8 nitrogen and oxygen atoms in total. The Balaban J connectivity index is 1.62. The minimum Gasteiger partial charge on any atom is -0.337 e. The van der Waals surface area contributed by atoms with Crippen molar-refractivity contribution in [3.8, 4) is 6.19 Å². The van der Waals surface area contributed by atoms with Crippen LogP contribution in [0.1, 0.15) is 13.8 Å². The fourth-order valence-electron chi connectivity index (χ4n) is 3.85. The lowest BCUT2D eigenvalue weighted by molar-refractivity contribution is 0.223. The third-order valence-electron chi connectivity index (χ3n) is 5.40.